The van der Waals surface area contributed by atoms with Crippen molar-refractivity contribution in [2.45, 2.75) is 19.0 Å². The lowest BCUT2D eigenvalue weighted by Gasteiger charge is -2.27. The molecule has 1 saturated heterocycles. The molecule has 9 heteroatoms. The van der Waals surface area contributed by atoms with Crippen LogP contribution in [0.15, 0.2) is 59.0 Å². The van der Waals surface area contributed by atoms with Crippen molar-refractivity contribution in [2.24, 2.45) is 0 Å². The van der Waals surface area contributed by atoms with E-state index in [1.807, 2.05) is 0 Å². The third kappa shape index (κ3) is 4.95. The van der Waals surface area contributed by atoms with E-state index in [2.05, 4.69) is 0 Å². The van der Waals surface area contributed by atoms with Gasteiger partial charge >= 0.3 is 0 Å². The van der Waals surface area contributed by atoms with Crippen LogP contribution in [0.4, 0.5) is 4.39 Å². The summed E-state index contributed by atoms with van der Waals surface area (Å²) in [6.07, 6.45) is 0.336. The second-order valence-corrected chi connectivity index (χ2v) is 10.5. The van der Waals surface area contributed by atoms with Crippen LogP contribution in [0.1, 0.15) is 22.5 Å². The molecule has 0 spiro atoms. The molecule has 1 atom stereocenters. The topological polar surface area (TPSA) is 67.6 Å². The van der Waals surface area contributed by atoms with Crippen LogP contribution in [0, 0.1) is 5.82 Å². The van der Waals surface area contributed by atoms with Gasteiger partial charge in [-0.3, -0.25) is 4.79 Å². The average Bonchev–Trinajstić information content (AvgIpc) is 3.35. The summed E-state index contributed by atoms with van der Waals surface area (Å²) < 4.78 is 43.1. The highest BCUT2D eigenvalue weighted by atomic mass is 35.5. The Morgan fingerprint density at radius 3 is 2.52 bits per heavy atom. The van der Waals surface area contributed by atoms with Crippen LogP contribution in [-0.4, -0.2) is 36.8 Å². The van der Waals surface area contributed by atoms with Crippen LogP contribution in [0.5, 0.6) is 0 Å². The maximum Gasteiger partial charge on any atom is 0.290 e. The Morgan fingerprint density at radius 2 is 1.84 bits per heavy atom. The second kappa shape index (κ2) is 8.65. The molecule has 1 aliphatic heterocycles. The van der Waals surface area contributed by atoms with Crippen molar-refractivity contribution in [3.8, 4) is 11.3 Å². The summed E-state index contributed by atoms with van der Waals surface area (Å²) in [5, 5.41) is 0.889. The van der Waals surface area contributed by atoms with E-state index in [-0.39, 0.29) is 29.6 Å². The van der Waals surface area contributed by atoms with Crippen LogP contribution < -0.4 is 0 Å². The van der Waals surface area contributed by atoms with Gasteiger partial charge in [-0.15, -0.1) is 0 Å². The molecule has 5 nitrogen and oxygen atoms in total. The minimum Gasteiger partial charge on any atom is -0.451 e. The van der Waals surface area contributed by atoms with Crippen molar-refractivity contribution in [3.63, 3.8) is 0 Å². The molecule has 0 N–H and O–H groups in total. The molecule has 1 unspecified atom stereocenters. The van der Waals surface area contributed by atoms with Crippen molar-refractivity contribution >= 4 is 38.9 Å². The quantitative estimate of drug-likeness (QED) is 0.500. The molecule has 0 radical (unpaired) electrons. The lowest BCUT2D eigenvalue weighted by Crippen LogP contribution is -2.40. The van der Waals surface area contributed by atoms with Gasteiger partial charge < -0.3 is 9.32 Å². The van der Waals surface area contributed by atoms with Crippen molar-refractivity contribution in [1.29, 1.82) is 0 Å². The number of sulfone groups is 1. The van der Waals surface area contributed by atoms with Gasteiger partial charge in [-0.2, -0.15) is 0 Å². The molecule has 1 aliphatic rings. The van der Waals surface area contributed by atoms with Crippen LogP contribution >= 0.6 is 23.2 Å². The van der Waals surface area contributed by atoms with Crippen LogP contribution in [0.25, 0.3) is 11.3 Å². The number of hydrogen-bond acceptors (Lipinski definition) is 4. The third-order valence-electron chi connectivity index (χ3n) is 5.19. The average molecular weight is 482 g/mol. The van der Waals surface area contributed by atoms with Crippen molar-refractivity contribution in [1.82, 2.24) is 4.90 Å². The van der Waals surface area contributed by atoms with Crippen LogP contribution in [-0.2, 0) is 16.4 Å². The van der Waals surface area contributed by atoms with Gasteiger partial charge in [-0.1, -0.05) is 35.3 Å². The largest absolute Gasteiger partial charge is 0.451 e. The Labute approximate surface area is 189 Å². The highest BCUT2D eigenvalue weighted by Crippen LogP contribution is 2.32. The molecule has 1 amide bonds. The predicted octanol–water partition coefficient (Wildman–Crippen LogP) is 5.22. The number of hydrogen-bond donors (Lipinski definition) is 0. The van der Waals surface area contributed by atoms with Crippen LogP contribution in [0.3, 0.4) is 0 Å². The van der Waals surface area contributed by atoms with E-state index in [9.17, 15) is 17.6 Å². The second-order valence-electron chi connectivity index (χ2n) is 7.40. The monoisotopic (exact) mass is 481 g/mol. The zero-order valence-electron chi connectivity index (χ0n) is 16.2. The fourth-order valence-electron chi connectivity index (χ4n) is 3.60. The van der Waals surface area contributed by atoms with Gasteiger partial charge in [0.15, 0.2) is 15.6 Å². The zero-order valence-corrected chi connectivity index (χ0v) is 18.6. The Kier molecular flexibility index (Phi) is 6.10. The first-order chi connectivity index (χ1) is 14.7. The predicted molar refractivity (Wildman–Crippen MR) is 117 cm³/mol. The summed E-state index contributed by atoms with van der Waals surface area (Å²) >= 11 is 12.3. The fourth-order valence-corrected chi connectivity index (χ4v) is 5.71. The molecular formula is C22H18Cl2FNO4S. The minimum atomic E-state index is -3.22. The first-order valence-corrected chi connectivity index (χ1v) is 12.1. The summed E-state index contributed by atoms with van der Waals surface area (Å²) in [7, 11) is -3.22. The lowest BCUT2D eigenvalue weighted by molar-refractivity contribution is 0.0649. The minimum absolute atomic E-state index is 0.0202. The highest BCUT2D eigenvalue weighted by Gasteiger charge is 2.36. The Morgan fingerprint density at radius 1 is 1.10 bits per heavy atom. The number of halogens is 3. The van der Waals surface area contributed by atoms with E-state index in [1.165, 1.54) is 23.1 Å². The summed E-state index contributed by atoms with van der Waals surface area (Å²) in [6, 6.07) is 13.3. The number of rotatable bonds is 5. The fraction of sp³-hybridized carbons (Fsp3) is 0.227. The standard InChI is InChI=1S/C22H18Cl2FNO4S/c23-15-3-6-19(24)18(11-15)20-7-8-21(30-20)22(27)26(17-9-10-31(28,29)13-17)12-14-1-4-16(25)5-2-14/h1-8,11,17H,9-10,12-13H2. The number of nitrogens with zero attached hydrogens (tertiary/aromatic N) is 1. The number of carbonyl (C=O) groups is 1. The molecule has 0 aliphatic carbocycles. The number of carbonyl (C=O) groups excluding carboxylic acids is 1. The molecule has 4 rings (SSSR count). The van der Waals surface area contributed by atoms with Gasteiger partial charge in [0.05, 0.1) is 16.5 Å². The molecular weight excluding hydrogens is 464 g/mol. The first-order valence-electron chi connectivity index (χ1n) is 9.53. The molecule has 1 fully saturated rings. The lowest BCUT2D eigenvalue weighted by atomic mass is 10.1. The van der Waals surface area contributed by atoms with Crippen molar-refractivity contribution in [3.05, 3.63) is 81.8 Å². The number of benzene rings is 2. The third-order valence-corrected chi connectivity index (χ3v) is 7.50. The number of furan rings is 1. The maximum absolute atomic E-state index is 13.3. The summed E-state index contributed by atoms with van der Waals surface area (Å²) in [5.41, 5.74) is 1.23. The summed E-state index contributed by atoms with van der Waals surface area (Å²) in [6.45, 7) is 0.132. The Hall–Kier alpha value is -2.35. The van der Waals surface area contributed by atoms with E-state index < -0.39 is 21.8 Å². The molecule has 3 aromatic rings. The van der Waals surface area contributed by atoms with E-state index in [0.717, 1.165) is 0 Å². The molecule has 0 bridgehead atoms. The van der Waals surface area contributed by atoms with Gasteiger partial charge in [0.1, 0.15) is 11.6 Å². The summed E-state index contributed by atoms with van der Waals surface area (Å²) in [5.74, 6) is -0.510. The van der Waals surface area contributed by atoms with E-state index in [1.54, 1.807) is 36.4 Å². The molecule has 2 aromatic carbocycles. The van der Waals surface area contributed by atoms with Gasteiger partial charge in [0.2, 0.25) is 0 Å². The van der Waals surface area contributed by atoms with E-state index >= 15 is 0 Å². The smallest absolute Gasteiger partial charge is 0.290 e. The molecule has 31 heavy (non-hydrogen) atoms. The van der Waals surface area contributed by atoms with Crippen molar-refractivity contribution < 1.29 is 22.0 Å². The van der Waals surface area contributed by atoms with Crippen LogP contribution in [0.2, 0.25) is 10.0 Å². The molecule has 1 aromatic heterocycles. The molecule has 2 heterocycles. The van der Waals surface area contributed by atoms with Gasteiger partial charge in [0, 0.05) is 23.2 Å². The Balaban J connectivity index is 1.65. The maximum atomic E-state index is 13.3. The number of amides is 1. The molecule has 162 valence electrons. The SMILES string of the molecule is O=C(c1ccc(-c2cc(Cl)ccc2Cl)o1)N(Cc1ccc(F)cc1)C1CCS(=O)(=O)C1. The Bertz CT molecular complexity index is 1220. The van der Waals surface area contributed by atoms with Gasteiger partial charge in [-0.25, -0.2) is 12.8 Å². The normalized spacial score (nSPS) is 17.6. The zero-order chi connectivity index (χ0) is 22.2. The van der Waals surface area contributed by atoms with Crippen molar-refractivity contribution in [2.75, 3.05) is 11.5 Å². The highest BCUT2D eigenvalue weighted by molar-refractivity contribution is 7.91. The summed E-state index contributed by atoms with van der Waals surface area (Å²) in [4.78, 5) is 14.8. The molecule has 0 saturated carbocycles. The van der Waals surface area contributed by atoms with E-state index in [4.69, 9.17) is 27.6 Å². The van der Waals surface area contributed by atoms with E-state index in [0.29, 0.717) is 33.4 Å². The van der Waals surface area contributed by atoms with Gasteiger partial charge in [-0.05, 0) is 54.4 Å². The first kappa shape index (κ1) is 21.9. The van der Waals surface area contributed by atoms with Gasteiger partial charge in [0.25, 0.3) is 5.91 Å².